The van der Waals surface area contributed by atoms with Gasteiger partial charge in [0.15, 0.2) is 0 Å². The number of hydrogen-bond donors (Lipinski definition) is 2. The molecule has 1 unspecified atom stereocenters. The zero-order chi connectivity index (χ0) is 23.9. The fraction of sp³-hybridized carbons (Fsp3) is 0.600. The number of nitrogens with two attached hydrogens (primary N) is 1. The van der Waals surface area contributed by atoms with Crippen LogP contribution in [0.2, 0.25) is 0 Å². The van der Waals surface area contributed by atoms with Gasteiger partial charge in [-0.1, -0.05) is 46.8 Å². The minimum absolute atomic E-state index is 0.235. The monoisotopic (exact) mass is 446 g/mol. The van der Waals surface area contributed by atoms with E-state index in [-0.39, 0.29) is 23.9 Å². The van der Waals surface area contributed by atoms with Crippen molar-refractivity contribution in [2.24, 2.45) is 11.3 Å². The molecule has 3 N–H and O–H groups in total. The Bertz CT molecular complexity index is 881. The summed E-state index contributed by atoms with van der Waals surface area (Å²) in [4.78, 5) is 20.2. The zero-order valence-electron chi connectivity index (χ0n) is 20.2. The molecule has 1 heterocycles. The van der Waals surface area contributed by atoms with E-state index in [1.807, 2.05) is 33.8 Å². The molecule has 2 aromatic rings. The van der Waals surface area contributed by atoms with Crippen LogP contribution in [0.25, 0.3) is 0 Å². The van der Waals surface area contributed by atoms with E-state index in [0.717, 1.165) is 35.4 Å². The number of aliphatic hydroxyl groups is 1. The van der Waals surface area contributed by atoms with E-state index in [9.17, 15) is 9.90 Å². The second-order valence-corrected chi connectivity index (χ2v) is 9.45. The first-order valence-corrected chi connectivity index (χ1v) is 11.3. The Morgan fingerprint density at radius 2 is 1.94 bits per heavy atom. The SMILES string of the molecule is CCC(CC)(c1ccc(OCC(O)C(C)(C)C)c(C)c1)c1nc(CCCC(=O)ON)co1. The van der Waals surface area contributed by atoms with E-state index in [2.05, 4.69) is 30.8 Å². The Balaban J connectivity index is 2.20. The molecule has 0 aliphatic carbocycles. The number of hydrogen-bond acceptors (Lipinski definition) is 7. The van der Waals surface area contributed by atoms with Gasteiger partial charge in [0.1, 0.15) is 18.6 Å². The van der Waals surface area contributed by atoms with Crippen LogP contribution in [0.1, 0.15) is 83.0 Å². The molecule has 0 fully saturated rings. The van der Waals surface area contributed by atoms with E-state index < -0.39 is 12.1 Å². The highest BCUT2D eigenvalue weighted by Crippen LogP contribution is 2.40. The molecule has 0 bridgehead atoms. The highest BCUT2D eigenvalue weighted by molar-refractivity contribution is 5.68. The molecule has 0 saturated carbocycles. The lowest BCUT2D eigenvalue weighted by Gasteiger charge is -2.30. The van der Waals surface area contributed by atoms with Crippen LogP contribution in [-0.2, 0) is 21.5 Å². The average molecular weight is 447 g/mol. The lowest BCUT2D eigenvalue weighted by Crippen LogP contribution is -2.32. The number of carbonyl (C=O) groups excluding carboxylic acids is 1. The minimum atomic E-state index is -0.551. The van der Waals surface area contributed by atoms with Gasteiger partial charge >= 0.3 is 5.97 Å². The molecule has 0 saturated heterocycles. The summed E-state index contributed by atoms with van der Waals surface area (Å²) in [5.74, 6) is 5.89. The van der Waals surface area contributed by atoms with Crippen molar-refractivity contribution < 1.29 is 23.9 Å². The predicted octanol–water partition coefficient (Wildman–Crippen LogP) is 4.61. The maximum absolute atomic E-state index is 11.2. The Kier molecular flexibility index (Phi) is 8.87. The first kappa shape index (κ1) is 25.9. The summed E-state index contributed by atoms with van der Waals surface area (Å²) < 4.78 is 11.8. The van der Waals surface area contributed by atoms with Gasteiger partial charge < -0.3 is 19.1 Å². The highest BCUT2D eigenvalue weighted by Gasteiger charge is 2.36. The molecule has 1 atom stereocenters. The third kappa shape index (κ3) is 6.11. The van der Waals surface area contributed by atoms with Crippen molar-refractivity contribution in [2.45, 2.75) is 85.2 Å². The molecular formula is C25H38N2O5. The summed E-state index contributed by atoms with van der Waals surface area (Å²) in [6.45, 7) is 12.5. The van der Waals surface area contributed by atoms with Crippen LogP contribution < -0.4 is 10.6 Å². The van der Waals surface area contributed by atoms with Crippen molar-refractivity contribution in [1.82, 2.24) is 4.98 Å². The Hall–Kier alpha value is -2.38. The fourth-order valence-electron chi connectivity index (χ4n) is 3.73. The molecular weight excluding hydrogens is 408 g/mol. The van der Waals surface area contributed by atoms with Gasteiger partial charge in [0.05, 0.1) is 17.2 Å². The largest absolute Gasteiger partial charge is 0.491 e. The van der Waals surface area contributed by atoms with E-state index in [0.29, 0.717) is 18.7 Å². The highest BCUT2D eigenvalue weighted by atomic mass is 16.7. The van der Waals surface area contributed by atoms with Gasteiger partial charge in [0.2, 0.25) is 5.89 Å². The number of oxazole rings is 1. The Labute approximate surface area is 191 Å². The summed E-state index contributed by atoms with van der Waals surface area (Å²) in [6.07, 6.45) is 4.22. The summed E-state index contributed by atoms with van der Waals surface area (Å²) in [6, 6.07) is 6.13. The summed E-state index contributed by atoms with van der Waals surface area (Å²) in [5.41, 5.74) is 2.33. The van der Waals surface area contributed by atoms with Crippen LogP contribution in [0.4, 0.5) is 0 Å². The van der Waals surface area contributed by atoms with Crippen LogP contribution in [0.5, 0.6) is 5.75 Å². The zero-order valence-corrected chi connectivity index (χ0v) is 20.2. The van der Waals surface area contributed by atoms with Crippen LogP contribution in [0.15, 0.2) is 28.9 Å². The topological polar surface area (TPSA) is 108 Å². The third-order valence-corrected chi connectivity index (χ3v) is 6.24. The lowest BCUT2D eigenvalue weighted by atomic mass is 9.75. The summed E-state index contributed by atoms with van der Waals surface area (Å²) in [5, 5.41) is 10.3. The molecule has 0 aliphatic rings. The average Bonchev–Trinajstić information content (AvgIpc) is 3.22. The number of carbonyl (C=O) groups is 1. The molecule has 7 nitrogen and oxygen atoms in total. The van der Waals surface area contributed by atoms with E-state index in [1.165, 1.54) is 0 Å². The fourth-order valence-corrected chi connectivity index (χ4v) is 3.73. The molecule has 2 rings (SSSR count). The van der Waals surface area contributed by atoms with Gasteiger partial charge in [0, 0.05) is 6.42 Å². The number of rotatable bonds is 11. The molecule has 1 aromatic heterocycles. The second kappa shape index (κ2) is 11.0. The molecule has 1 aromatic carbocycles. The molecule has 0 aliphatic heterocycles. The van der Waals surface area contributed by atoms with Crippen molar-refractivity contribution >= 4 is 5.97 Å². The quantitative estimate of drug-likeness (QED) is 0.485. The van der Waals surface area contributed by atoms with E-state index in [1.54, 1.807) is 6.26 Å². The van der Waals surface area contributed by atoms with E-state index >= 15 is 0 Å². The Morgan fingerprint density at radius 3 is 2.50 bits per heavy atom. The lowest BCUT2D eigenvalue weighted by molar-refractivity contribution is -0.144. The van der Waals surface area contributed by atoms with E-state index in [4.69, 9.17) is 20.0 Å². The normalized spacial score (nSPS) is 13.1. The van der Waals surface area contributed by atoms with Crippen molar-refractivity contribution in [1.29, 1.82) is 0 Å². The molecule has 7 heteroatoms. The third-order valence-electron chi connectivity index (χ3n) is 6.24. The maximum Gasteiger partial charge on any atom is 0.324 e. The number of aryl methyl sites for hydroxylation is 2. The maximum atomic E-state index is 11.2. The summed E-state index contributed by atoms with van der Waals surface area (Å²) in [7, 11) is 0. The van der Waals surface area contributed by atoms with Gasteiger partial charge in [0.25, 0.3) is 0 Å². The molecule has 32 heavy (non-hydrogen) atoms. The number of benzene rings is 1. The van der Waals surface area contributed by atoms with Gasteiger partial charge in [-0.05, 0) is 55.2 Å². The van der Waals surface area contributed by atoms with Crippen LogP contribution >= 0.6 is 0 Å². The molecule has 0 radical (unpaired) electrons. The smallest absolute Gasteiger partial charge is 0.324 e. The molecule has 178 valence electrons. The number of ether oxygens (including phenoxy) is 1. The van der Waals surface area contributed by atoms with Crippen molar-refractivity contribution in [3.05, 3.63) is 47.2 Å². The number of aromatic nitrogens is 1. The van der Waals surface area contributed by atoms with Gasteiger partial charge in [-0.3, -0.25) is 4.79 Å². The van der Waals surface area contributed by atoms with Crippen molar-refractivity contribution in [2.75, 3.05) is 6.61 Å². The first-order valence-electron chi connectivity index (χ1n) is 11.3. The first-order chi connectivity index (χ1) is 15.1. The minimum Gasteiger partial charge on any atom is -0.491 e. The summed E-state index contributed by atoms with van der Waals surface area (Å²) >= 11 is 0. The van der Waals surface area contributed by atoms with Gasteiger partial charge in [-0.15, -0.1) is 0 Å². The standard InChI is InChI=1S/C25H38N2O5/c1-7-25(8-2,23-27-19(15-31-23)10-9-11-22(29)32-26)18-12-13-20(17(3)14-18)30-16-21(28)24(4,5)6/h12-15,21,28H,7-11,16,26H2,1-6H3. The number of nitrogens with zero attached hydrogens (tertiary/aromatic N) is 1. The van der Waals surface area contributed by atoms with Crippen molar-refractivity contribution in [3.8, 4) is 5.75 Å². The molecule has 0 amide bonds. The van der Waals surface area contributed by atoms with Crippen LogP contribution in [0, 0.1) is 12.3 Å². The van der Waals surface area contributed by atoms with Gasteiger partial charge in [-0.2, -0.15) is 5.90 Å². The van der Waals surface area contributed by atoms with Gasteiger partial charge in [-0.25, -0.2) is 4.98 Å². The van der Waals surface area contributed by atoms with Crippen LogP contribution in [-0.4, -0.2) is 28.8 Å². The van der Waals surface area contributed by atoms with Crippen LogP contribution in [0.3, 0.4) is 0 Å². The second-order valence-electron chi connectivity index (χ2n) is 9.45. The Morgan fingerprint density at radius 1 is 1.25 bits per heavy atom. The van der Waals surface area contributed by atoms with Crippen molar-refractivity contribution in [3.63, 3.8) is 0 Å². The predicted molar refractivity (Wildman–Crippen MR) is 123 cm³/mol. The number of aliphatic hydroxyl groups excluding tert-OH is 1. The molecule has 0 spiro atoms.